The van der Waals surface area contributed by atoms with Crippen molar-refractivity contribution in [1.82, 2.24) is 20.1 Å². The van der Waals surface area contributed by atoms with E-state index in [0.29, 0.717) is 23.1 Å². The summed E-state index contributed by atoms with van der Waals surface area (Å²) in [6, 6.07) is 11.1. The smallest absolute Gasteiger partial charge is 0.251 e. The van der Waals surface area contributed by atoms with Gasteiger partial charge in [-0.25, -0.2) is 0 Å². The number of carbonyl (C=O) groups excluding carboxylic acids is 2. The van der Waals surface area contributed by atoms with E-state index in [2.05, 4.69) is 50.0 Å². The molecule has 9 heteroatoms. The first kappa shape index (κ1) is 26.0. The van der Waals surface area contributed by atoms with E-state index in [1.807, 2.05) is 56.5 Å². The topological polar surface area (TPSA) is 88.9 Å². The number of thioether (sulfide) groups is 1. The van der Waals surface area contributed by atoms with Crippen LogP contribution in [0, 0.1) is 24.3 Å². The fourth-order valence-electron chi connectivity index (χ4n) is 3.49. The van der Waals surface area contributed by atoms with Gasteiger partial charge in [-0.3, -0.25) is 9.59 Å². The van der Waals surface area contributed by atoms with Gasteiger partial charge in [0.1, 0.15) is 0 Å². The molecule has 178 valence electrons. The van der Waals surface area contributed by atoms with E-state index in [0.717, 1.165) is 25.9 Å². The second-order valence-corrected chi connectivity index (χ2v) is 10.2. The van der Waals surface area contributed by atoms with Gasteiger partial charge in [0.25, 0.3) is 5.91 Å². The maximum Gasteiger partial charge on any atom is 0.251 e. The molecule has 2 N–H and O–H groups in total. The summed E-state index contributed by atoms with van der Waals surface area (Å²) in [5.41, 5.74) is 4.57. The zero-order valence-electron chi connectivity index (χ0n) is 19.7. The highest BCUT2D eigenvalue weighted by Crippen LogP contribution is 2.25. The first-order valence-electron chi connectivity index (χ1n) is 10.8. The lowest BCUT2D eigenvalue weighted by molar-refractivity contribution is -0.113. The van der Waals surface area contributed by atoms with E-state index in [1.165, 1.54) is 11.8 Å². The molecule has 7 nitrogen and oxygen atoms in total. The van der Waals surface area contributed by atoms with E-state index in [4.69, 9.17) is 0 Å². The molecule has 2 aromatic carbocycles. The number of aromatic nitrogens is 3. The number of aryl methyl sites for hydroxylation is 3. The molecule has 0 aliphatic carbocycles. The standard InChI is InChI=1S/C25H28IN5O2S/c1-6-11-31-23(18(5)27-24(33)19-9-7-15(2)8-10-19)29-30-25(31)34-14-21(32)28-22-16(3)12-20(26)13-17(22)4/h6-10,12-13,18H,1,11,14H2,2-5H3,(H,27,33)(H,28,32)/t18-/m1/s1. The number of carbonyl (C=O) groups is 2. The number of nitrogens with one attached hydrogen (secondary N) is 2. The van der Waals surface area contributed by atoms with Gasteiger partial charge in [0, 0.05) is 21.4 Å². The highest BCUT2D eigenvalue weighted by atomic mass is 127. The van der Waals surface area contributed by atoms with Crippen molar-refractivity contribution in [2.75, 3.05) is 11.1 Å². The summed E-state index contributed by atoms with van der Waals surface area (Å²) in [6.45, 7) is 12.1. The zero-order chi connectivity index (χ0) is 24.8. The maximum atomic E-state index is 12.6. The largest absolute Gasteiger partial charge is 0.342 e. The highest BCUT2D eigenvalue weighted by molar-refractivity contribution is 14.1. The van der Waals surface area contributed by atoms with Crippen LogP contribution in [0.2, 0.25) is 0 Å². The number of hydrogen-bond acceptors (Lipinski definition) is 5. The molecule has 0 saturated heterocycles. The van der Waals surface area contributed by atoms with Crippen LogP contribution in [0.5, 0.6) is 0 Å². The maximum absolute atomic E-state index is 12.6. The van der Waals surface area contributed by atoms with Gasteiger partial charge in [0.15, 0.2) is 11.0 Å². The van der Waals surface area contributed by atoms with Crippen molar-refractivity contribution in [2.45, 2.75) is 45.4 Å². The Bertz CT molecular complexity index is 1180. The number of anilines is 1. The number of amides is 2. The molecule has 0 aliphatic rings. The first-order valence-corrected chi connectivity index (χ1v) is 12.9. The Morgan fingerprint density at radius 1 is 1.15 bits per heavy atom. The molecule has 0 saturated carbocycles. The number of hydrogen-bond donors (Lipinski definition) is 2. The number of nitrogens with zero attached hydrogens (tertiary/aromatic N) is 3. The van der Waals surface area contributed by atoms with E-state index in [-0.39, 0.29) is 23.6 Å². The summed E-state index contributed by atoms with van der Waals surface area (Å²) in [4.78, 5) is 25.3. The van der Waals surface area contributed by atoms with E-state index < -0.39 is 0 Å². The lowest BCUT2D eigenvalue weighted by atomic mass is 10.1. The summed E-state index contributed by atoms with van der Waals surface area (Å²) < 4.78 is 3.00. The van der Waals surface area contributed by atoms with Crippen LogP contribution in [0.3, 0.4) is 0 Å². The fraction of sp³-hybridized carbons (Fsp3) is 0.280. The summed E-state index contributed by atoms with van der Waals surface area (Å²) in [7, 11) is 0. The van der Waals surface area contributed by atoms with Gasteiger partial charge in [-0.05, 0) is 85.7 Å². The molecule has 1 aromatic heterocycles. The molecule has 0 unspecified atom stereocenters. The molecular weight excluding hydrogens is 561 g/mol. The van der Waals surface area contributed by atoms with E-state index in [9.17, 15) is 9.59 Å². The Morgan fingerprint density at radius 2 is 1.79 bits per heavy atom. The van der Waals surface area contributed by atoms with Crippen molar-refractivity contribution in [1.29, 1.82) is 0 Å². The van der Waals surface area contributed by atoms with E-state index >= 15 is 0 Å². The van der Waals surface area contributed by atoms with Crippen molar-refractivity contribution in [3.05, 3.63) is 80.7 Å². The Labute approximate surface area is 218 Å². The van der Waals surface area contributed by atoms with Crippen molar-refractivity contribution in [3.8, 4) is 0 Å². The second-order valence-electron chi connectivity index (χ2n) is 8.05. The van der Waals surface area contributed by atoms with E-state index in [1.54, 1.807) is 18.2 Å². The average molecular weight is 590 g/mol. The lowest BCUT2D eigenvalue weighted by Gasteiger charge is -2.15. The molecule has 3 aromatic rings. The highest BCUT2D eigenvalue weighted by Gasteiger charge is 2.20. The van der Waals surface area contributed by atoms with Gasteiger partial charge in [-0.2, -0.15) is 0 Å². The monoisotopic (exact) mass is 589 g/mol. The minimum atomic E-state index is -0.374. The molecule has 0 aliphatic heterocycles. The van der Waals surface area contributed by atoms with Crippen molar-refractivity contribution in [2.24, 2.45) is 0 Å². The van der Waals surface area contributed by atoms with Crippen LogP contribution >= 0.6 is 34.4 Å². The number of halogens is 1. The summed E-state index contributed by atoms with van der Waals surface area (Å²) in [5, 5.41) is 15.1. The van der Waals surface area contributed by atoms with Crippen LogP contribution in [0.25, 0.3) is 0 Å². The molecular formula is C25H28IN5O2S. The van der Waals surface area contributed by atoms with Crippen LogP contribution in [-0.4, -0.2) is 32.3 Å². The summed E-state index contributed by atoms with van der Waals surface area (Å²) in [6.07, 6.45) is 1.74. The Kier molecular flexibility index (Phi) is 8.90. The SMILES string of the molecule is C=CCn1c(SCC(=O)Nc2c(C)cc(I)cc2C)nnc1[C@@H](C)NC(=O)c1ccc(C)cc1. The third kappa shape index (κ3) is 6.47. The Hall–Kier alpha value is -2.66. The van der Waals surface area contributed by atoms with Gasteiger partial charge in [0.2, 0.25) is 5.91 Å². The molecule has 3 rings (SSSR count). The third-order valence-corrected chi connectivity index (χ3v) is 6.79. The van der Waals surface area contributed by atoms with Gasteiger partial charge in [-0.1, -0.05) is 35.5 Å². The predicted octanol–water partition coefficient (Wildman–Crippen LogP) is 5.22. The van der Waals surface area contributed by atoms with Crippen molar-refractivity contribution < 1.29 is 9.59 Å². The average Bonchev–Trinajstić information content (AvgIpc) is 3.18. The number of allylic oxidation sites excluding steroid dienone is 1. The van der Waals surface area contributed by atoms with Crippen LogP contribution < -0.4 is 10.6 Å². The summed E-state index contributed by atoms with van der Waals surface area (Å²) in [5.74, 6) is 0.488. The normalized spacial score (nSPS) is 11.7. The Balaban J connectivity index is 1.68. The Morgan fingerprint density at radius 3 is 2.41 bits per heavy atom. The number of benzene rings is 2. The van der Waals surface area contributed by atoms with Crippen LogP contribution in [-0.2, 0) is 11.3 Å². The molecule has 0 spiro atoms. The molecule has 34 heavy (non-hydrogen) atoms. The van der Waals surface area contributed by atoms with Crippen LogP contribution in [0.4, 0.5) is 5.69 Å². The first-order chi connectivity index (χ1) is 16.2. The quantitative estimate of drug-likeness (QED) is 0.203. The van der Waals surface area contributed by atoms with Crippen LogP contribution in [0.15, 0.2) is 54.2 Å². The minimum absolute atomic E-state index is 0.118. The molecule has 1 atom stereocenters. The van der Waals surface area contributed by atoms with Gasteiger partial charge in [0.05, 0.1) is 11.8 Å². The van der Waals surface area contributed by atoms with Crippen molar-refractivity contribution in [3.63, 3.8) is 0 Å². The fourth-order valence-corrected chi connectivity index (χ4v) is 5.18. The summed E-state index contributed by atoms with van der Waals surface area (Å²) >= 11 is 3.57. The molecule has 2 amide bonds. The van der Waals surface area contributed by atoms with Crippen LogP contribution in [0.1, 0.15) is 45.8 Å². The van der Waals surface area contributed by atoms with Crippen molar-refractivity contribution >= 4 is 51.9 Å². The predicted molar refractivity (Wildman–Crippen MR) is 145 cm³/mol. The third-order valence-electron chi connectivity index (χ3n) is 5.20. The van der Waals surface area contributed by atoms with Gasteiger partial charge in [-0.15, -0.1) is 16.8 Å². The molecule has 1 heterocycles. The molecule has 0 radical (unpaired) electrons. The molecule has 0 fully saturated rings. The zero-order valence-corrected chi connectivity index (χ0v) is 22.7. The number of rotatable bonds is 9. The van der Waals surface area contributed by atoms with Gasteiger partial charge >= 0.3 is 0 Å². The minimum Gasteiger partial charge on any atom is -0.342 e. The van der Waals surface area contributed by atoms with Gasteiger partial charge < -0.3 is 15.2 Å². The molecule has 0 bridgehead atoms. The second kappa shape index (κ2) is 11.7. The lowest BCUT2D eigenvalue weighted by Crippen LogP contribution is -2.28.